The number of aromatic nitrogens is 2. The van der Waals surface area contributed by atoms with Crippen molar-refractivity contribution in [2.75, 3.05) is 12.3 Å². The standard InChI is InChI=1S/C9H16BrN3O2S/c1-3-13-8(9(10)7(2)12-13)6-16(14,15)5-4-11/h3-6,11H2,1-2H3. The van der Waals surface area contributed by atoms with E-state index in [1.807, 2.05) is 13.8 Å². The van der Waals surface area contributed by atoms with Crippen LogP contribution in [-0.2, 0) is 22.1 Å². The number of hydrogen-bond acceptors (Lipinski definition) is 4. The summed E-state index contributed by atoms with van der Waals surface area (Å²) in [6, 6.07) is 0. The third-order valence-electron chi connectivity index (χ3n) is 2.24. The maximum absolute atomic E-state index is 11.7. The number of halogens is 1. The Morgan fingerprint density at radius 3 is 2.62 bits per heavy atom. The monoisotopic (exact) mass is 309 g/mol. The fourth-order valence-corrected chi connectivity index (χ4v) is 3.29. The summed E-state index contributed by atoms with van der Waals surface area (Å²) in [7, 11) is -3.14. The first-order valence-electron chi connectivity index (χ1n) is 5.03. The molecule has 0 bridgehead atoms. The van der Waals surface area contributed by atoms with E-state index in [1.165, 1.54) is 0 Å². The molecule has 0 aromatic carbocycles. The largest absolute Gasteiger partial charge is 0.329 e. The molecule has 0 radical (unpaired) electrons. The second kappa shape index (κ2) is 5.29. The molecule has 0 amide bonds. The van der Waals surface area contributed by atoms with Crippen LogP contribution in [0.2, 0.25) is 0 Å². The minimum absolute atomic E-state index is 0.00732. The van der Waals surface area contributed by atoms with Gasteiger partial charge in [0.1, 0.15) is 0 Å². The molecule has 0 aliphatic heterocycles. The molecule has 16 heavy (non-hydrogen) atoms. The van der Waals surface area contributed by atoms with Gasteiger partial charge in [0, 0.05) is 13.1 Å². The van der Waals surface area contributed by atoms with E-state index in [4.69, 9.17) is 5.73 Å². The molecule has 5 nitrogen and oxygen atoms in total. The van der Waals surface area contributed by atoms with E-state index in [-0.39, 0.29) is 18.1 Å². The molecule has 1 rings (SSSR count). The van der Waals surface area contributed by atoms with Crippen molar-refractivity contribution in [3.05, 3.63) is 15.9 Å². The molecule has 0 aliphatic carbocycles. The second-order valence-electron chi connectivity index (χ2n) is 3.54. The summed E-state index contributed by atoms with van der Waals surface area (Å²) in [5.41, 5.74) is 6.78. The predicted molar refractivity (Wildman–Crippen MR) is 66.9 cm³/mol. The number of rotatable bonds is 5. The van der Waals surface area contributed by atoms with Crippen molar-refractivity contribution in [2.24, 2.45) is 5.73 Å². The summed E-state index contributed by atoms with van der Waals surface area (Å²) in [6.07, 6.45) is 0. The highest BCUT2D eigenvalue weighted by Crippen LogP contribution is 2.23. The molecule has 0 aliphatic rings. The van der Waals surface area contributed by atoms with Gasteiger partial charge in [-0.2, -0.15) is 5.10 Å². The van der Waals surface area contributed by atoms with Crippen LogP contribution in [0.25, 0.3) is 0 Å². The van der Waals surface area contributed by atoms with Crippen molar-refractivity contribution in [3.8, 4) is 0 Å². The van der Waals surface area contributed by atoms with E-state index >= 15 is 0 Å². The zero-order chi connectivity index (χ0) is 12.3. The minimum Gasteiger partial charge on any atom is -0.329 e. The van der Waals surface area contributed by atoms with Crippen LogP contribution in [0.5, 0.6) is 0 Å². The third-order valence-corrected chi connectivity index (χ3v) is 4.84. The van der Waals surface area contributed by atoms with Gasteiger partial charge >= 0.3 is 0 Å². The molecule has 0 spiro atoms. The quantitative estimate of drug-likeness (QED) is 0.874. The van der Waals surface area contributed by atoms with Crippen molar-refractivity contribution < 1.29 is 8.42 Å². The average Bonchev–Trinajstić information content (AvgIpc) is 2.45. The van der Waals surface area contributed by atoms with Gasteiger partial charge < -0.3 is 5.73 Å². The Kier molecular flexibility index (Phi) is 4.52. The highest BCUT2D eigenvalue weighted by atomic mass is 79.9. The molecular weight excluding hydrogens is 294 g/mol. The van der Waals surface area contributed by atoms with Gasteiger partial charge in [0.2, 0.25) is 0 Å². The number of nitrogens with two attached hydrogens (primary N) is 1. The zero-order valence-electron chi connectivity index (χ0n) is 9.40. The number of sulfone groups is 1. The fraction of sp³-hybridized carbons (Fsp3) is 0.667. The summed E-state index contributed by atoms with van der Waals surface area (Å²) >= 11 is 3.37. The van der Waals surface area contributed by atoms with Crippen LogP contribution in [0.4, 0.5) is 0 Å². The molecule has 1 aromatic heterocycles. The average molecular weight is 310 g/mol. The predicted octanol–water partition coefficient (Wildman–Crippen LogP) is 0.847. The minimum atomic E-state index is -3.14. The molecule has 92 valence electrons. The van der Waals surface area contributed by atoms with Crippen molar-refractivity contribution in [1.82, 2.24) is 9.78 Å². The van der Waals surface area contributed by atoms with Crippen molar-refractivity contribution >= 4 is 25.8 Å². The first-order valence-corrected chi connectivity index (χ1v) is 7.65. The molecule has 2 N–H and O–H groups in total. The highest BCUT2D eigenvalue weighted by Gasteiger charge is 2.19. The third kappa shape index (κ3) is 3.05. The summed E-state index contributed by atoms with van der Waals surface area (Å²) in [4.78, 5) is 0. The van der Waals surface area contributed by atoms with Gasteiger partial charge in [-0.3, -0.25) is 4.68 Å². The first kappa shape index (κ1) is 13.7. The molecule has 1 heterocycles. The molecule has 0 saturated carbocycles. The molecule has 0 saturated heterocycles. The van der Waals surface area contributed by atoms with Gasteiger partial charge in [0.25, 0.3) is 0 Å². The van der Waals surface area contributed by atoms with E-state index in [0.29, 0.717) is 12.2 Å². The Morgan fingerprint density at radius 2 is 2.12 bits per heavy atom. The molecular formula is C9H16BrN3O2S. The van der Waals surface area contributed by atoms with Gasteiger partial charge in [-0.05, 0) is 29.8 Å². The molecule has 0 unspecified atom stereocenters. The van der Waals surface area contributed by atoms with Gasteiger partial charge in [0.05, 0.1) is 27.4 Å². The maximum Gasteiger partial charge on any atom is 0.157 e. The Morgan fingerprint density at radius 1 is 1.50 bits per heavy atom. The SMILES string of the molecule is CCn1nc(C)c(Br)c1CS(=O)(=O)CCN. The lowest BCUT2D eigenvalue weighted by Crippen LogP contribution is -2.19. The van der Waals surface area contributed by atoms with Crippen LogP contribution in [0.1, 0.15) is 18.3 Å². The van der Waals surface area contributed by atoms with E-state index in [9.17, 15) is 8.42 Å². The molecule has 7 heteroatoms. The Balaban J connectivity index is 3.05. The Bertz CT molecular complexity index is 467. The lowest BCUT2D eigenvalue weighted by molar-refractivity contribution is 0.585. The van der Waals surface area contributed by atoms with E-state index in [2.05, 4.69) is 21.0 Å². The van der Waals surface area contributed by atoms with Crippen molar-refractivity contribution in [1.29, 1.82) is 0 Å². The lowest BCUT2D eigenvalue weighted by atomic mass is 10.4. The maximum atomic E-state index is 11.7. The number of hydrogen-bond donors (Lipinski definition) is 1. The zero-order valence-corrected chi connectivity index (χ0v) is 11.8. The van der Waals surface area contributed by atoms with Crippen molar-refractivity contribution in [2.45, 2.75) is 26.1 Å². The van der Waals surface area contributed by atoms with Gasteiger partial charge in [-0.15, -0.1) is 0 Å². The summed E-state index contributed by atoms with van der Waals surface area (Å²) in [5, 5.41) is 4.25. The molecule has 1 aromatic rings. The smallest absolute Gasteiger partial charge is 0.157 e. The van der Waals surface area contributed by atoms with Crippen LogP contribution in [-0.4, -0.2) is 30.5 Å². The normalized spacial score (nSPS) is 12.0. The van der Waals surface area contributed by atoms with Crippen LogP contribution in [0.15, 0.2) is 4.47 Å². The Labute approximate surface area is 104 Å². The number of nitrogens with zero attached hydrogens (tertiary/aromatic N) is 2. The van der Waals surface area contributed by atoms with Crippen LogP contribution < -0.4 is 5.73 Å². The summed E-state index contributed by atoms with van der Waals surface area (Å²) < 4.78 is 25.9. The van der Waals surface area contributed by atoms with Crippen LogP contribution in [0, 0.1) is 6.92 Å². The van der Waals surface area contributed by atoms with Gasteiger partial charge in [-0.25, -0.2) is 8.42 Å². The van der Waals surface area contributed by atoms with Crippen LogP contribution in [0.3, 0.4) is 0 Å². The van der Waals surface area contributed by atoms with Crippen LogP contribution >= 0.6 is 15.9 Å². The summed E-state index contributed by atoms with van der Waals surface area (Å²) in [5.74, 6) is -0.00710. The fourth-order valence-electron chi connectivity index (χ4n) is 1.47. The lowest BCUT2D eigenvalue weighted by Gasteiger charge is -2.06. The first-order chi connectivity index (χ1) is 7.41. The topological polar surface area (TPSA) is 78.0 Å². The molecule has 0 fully saturated rings. The van der Waals surface area contributed by atoms with Gasteiger partial charge in [0.15, 0.2) is 9.84 Å². The van der Waals surface area contributed by atoms with Gasteiger partial charge in [-0.1, -0.05) is 0 Å². The Hall–Kier alpha value is -0.400. The van der Waals surface area contributed by atoms with Crippen molar-refractivity contribution in [3.63, 3.8) is 0 Å². The van der Waals surface area contributed by atoms with E-state index in [1.54, 1.807) is 4.68 Å². The molecule has 0 atom stereocenters. The highest BCUT2D eigenvalue weighted by molar-refractivity contribution is 9.10. The van der Waals surface area contributed by atoms with E-state index in [0.717, 1.165) is 10.2 Å². The number of aryl methyl sites for hydroxylation is 2. The second-order valence-corrected chi connectivity index (χ2v) is 6.52. The summed E-state index contributed by atoms with van der Waals surface area (Å²) in [6.45, 7) is 4.58. The van der Waals surface area contributed by atoms with E-state index < -0.39 is 9.84 Å².